The molecule has 0 bridgehead atoms. The molecule has 0 spiro atoms. The molecule has 3 unspecified atom stereocenters. The van der Waals surface area contributed by atoms with Gasteiger partial charge in [-0.25, -0.2) is 0 Å². The Morgan fingerprint density at radius 3 is 2.67 bits per heavy atom. The number of nitrogens with one attached hydrogen (secondary N) is 1. The molecule has 1 N–H and O–H groups in total. The number of amides is 2. The molecule has 0 aromatic heterocycles. The van der Waals surface area contributed by atoms with E-state index in [1.54, 1.807) is 13.8 Å². The summed E-state index contributed by atoms with van der Waals surface area (Å²) in [5, 5.41) is 2.64. The van der Waals surface area contributed by atoms with Crippen molar-refractivity contribution in [1.82, 2.24) is 10.2 Å². The fourth-order valence-electron chi connectivity index (χ4n) is 1.80. The molecule has 0 saturated carbocycles. The Labute approximate surface area is 90.0 Å². The zero-order valence-corrected chi connectivity index (χ0v) is 9.28. The van der Waals surface area contributed by atoms with E-state index >= 15 is 0 Å². The summed E-state index contributed by atoms with van der Waals surface area (Å²) >= 11 is 0. The lowest BCUT2D eigenvalue weighted by Gasteiger charge is -2.39. The fourth-order valence-corrected chi connectivity index (χ4v) is 1.80. The van der Waals surface area contributed by atoms with E-state index < -0.39 is 12.1 Å². The minimum Gasteiger partial charge on any atom is -0.343 e. The van der Waals surface area contributed by atoms with Crippen LogP contribution in [0.1, 0.15) is 27.2 Å². The van der Waals surface area contributed by atoms with Gasteiger partial charge in [0.2, 0.25) is 11.8 Å². The van der Waals surface area contributed by atoms with Crippen molar-refractivity contribution in [3.8, 4) is 12.3 Å². The molecule has 1 heterocycles. The van der Waals surface area contributed by atoms with E-state index in [0.29, 0.717) is 6.42 Å². The normalized spacial score (nSPS) is 28.3. The number of terminal acetylenes is 1. The highest BCUT2D eigenvalue weighted by atomic mass is 16.2. The van der Waals surface area contributed by atoms with Gasteiger partial charge in [-0.3, -0.25) is 9.59 Å². The second-order valence-corrected chi connectivity index (χ2v) is 3.74. The lowest BCUT2D eigenvalue weighted by molar-refractivity contribution is -0.150. The first-order valence-corrected chi connectivity index (χ1v) is 5.11. The van der Waals surface area contributed by atoms with Gasteiger partial charge in [-0.1, -0.05) is 12.8 Å². The molecule has 0 aromatic carbocycles. The predicted octanol–water partition coefficient (Wildman–Crippen LogP) is 0.134. The molecular formula is C11H16N2O2. The minimum absolute atomic E-state index is 0.105. The third-order valence-electron chi connectivity index (χ3n) is 2.67. The zero-order chi connectivity index (χ0) is 11.6. The van der Waals surface area contributed by atoms with Crippen LogP contribution in [0.15, 0.2) is 0 Å². The molecule has 1 fully saturated rings. The third kappa shape index (κ3) is 1.96. The van der Waals surface area contributed by atoms with Gasteiger partial charge in [0, 0.05) is 0 Å². The summed E-state index contributed by atoms with van der Waals surface area (Å²) in [4.78, 5) is 25.0. The van der Waals surface area contributed by atoms with Gasteiger partial charge in [0.1, 0.15) is 12.1 Å². The van der Waals surface area contributed by atoms with E-state index in [1.165, 1.54) is 4.90 Å². The topological polar surface area (TPSA) is 49.4 Å². The number of piperazine rings is 1. The van der Waals surface area contributed by atoms with Crippen molar-refractivity contribution in [2.45, 2.75) is 45.3 Å². The van der Waals surface area contributed by atoms with E-state index in [0.717, 1.165) is 0 Å². The SMILES string of the molecule is C#CC(C)N1C(=O)C(C)NC(=O)C1CC. The van der Waals surface area contributed by atoms with Gasteiger partial charge in [-0.2, -0.15) is 0 Å². The van der Waals surface area contributed by atoms with Gasteiger partial charge in [0.05, 0.1) is 6.04 Å². The maximum atomic E-state index is 11.9. The number of rotatable bonds is 2. The molecule has 1 aliphatic heterocycles. The van der Waals surface area contributed by atoms with E-state index in [-0.39, 0.29) is 17.9 Å². The van der Waals surface area contributed by atoms with E-state index in [4.69, 9.17) is 6.42 Å². The second kappa shape index (κ2) is 4.35. The summed E-state index contributed by atoms with van der Waals surface area (Å²) in [6, 6.07) is -1.24. The van der Waals surface area contributed by atoms with E-state index in [2.05, 4.69) is 11.2 Å². The smallest absolute Gasteiger partial charge is 0.246 e. The van der Waals surface area contributed by atoms with Gasteiger partial charge in [-0.15, -0.1) is 6.42 Å². The van der Waals surface area contributed by atoms with Crippen LogP contribution in [0.25, 0.3) is 0 Å². The zero-order valence-electron chi connectivity index (χ0n) is 9.28. The van der Waals surface area contributed by atoms with Gasteiger partial charge in [-0.05, 0) is 20.3 Å². The Balaban J connectivity index is 2.99. The Bertz CT molecular complexity index is 319. The molecule has 1 rings (SSSR count). The summed E-state index contributed by atoms with van der Waals surface area (Å²) < 4.78 is 0. The number of carbonyl (C=O) groups excluding carboxylic acids is 2. The van der Waals surface area contributed by atoms with Gasteiger partial charge in [0.25, 0.3) is 0 Å². The predicted molar refractivity (Wildman–Crippen MR) is 56.8 cm³/mol. The Kier molecular flexibility index (Phi) is 3.35. The lowest BCUT2D eigenvalue weighted by Crippen LogP contribution is -2.64. The molecule has 82 valence electrons. The molecule has 4 nitrogen and oxygen atoms in total. The van der Waals surface area contributed by atoms with Crippen LogP contribution in [0.2, 0.25) is 0 Å². The van der Waals surface area contributed by atoms with Crippen molar-refractivity contribution in [1.29, 1.82) is 0 Å². The molecule has 4 heteroatoms. The van der Waals surface area contributed by atoms with Crippen LogP contribution < -0.4 is 5.32 Å². The largest absolute Gasteiger partial charge is 0.343 e. The number of nitrogens with zero attached hydrogens (tertiary/aromatic N) is 1. The summed E-state index contributed by atoms with van der Waals surface area (Å²) in [7, 11) is 0. The monoisotopic (exact) mass is 208 g/mol. The van der Waals surface area contributed by atoms with Gasteiger partial charge >= 0.3 is 0 Å². The van der Waals surface area contributed by atoms with Crippen LogP contribution in [0, 0.1) is 12.3 Å². The highest BCUT2D eigenvalue weighted by molar-refractivity contribution is 5.97. The van der Waals surface area contributed by atoms with Crippen LogP contribution >= 0.6 is 0 Å². The van der Waals surface area contributed by atoms with E-state index in [9.17, 15) is 9.59 Å². The minimum atomic E-state index is -0.476. The molecule has 1 aliphatic rings. The quantitative estimate of drug-likeness (QED) is 0.656. The van der Waals surface area contributed by atoms with Crippen molar-refractivity contribution in [3.63, 3.8) is 0 Å². The molecule has 0 radical (unpaired) electrons. The summed E-state index contributed by atoms with van der Waals surface area (Å²) in [6.45, 7) is 5.29. The third-order valence-corrected chi connectivity index (χ3v) is 2.67. The molecule has 1 saturated heterocycles. The van der Waals surface area contributed by atoms with Gasteiger partial charge < -0.3 is 10.2 Å². The lowest BCUT2D eigenvalue weighted by atomic mass is 10.0. The van der Waals surface area contributed by atoms with Crippen molar-refractivity contribution in [2.75, 3.05) is 0 Å². The summed E-state index contributed by atoms with van der Waals surface area (Å²) in [6.07, 6.45) is 5.88. The van der Waals surface area contributed by atoms with Crippen LogP contribution in [0.5, 0.6) is 0 Å². The maximum Gasteiger partial charge on any atom is 0.246 e. The average Bonchev–Trinajstić information content (AvgIpc) is 2.21. The van der Waals surface area contributed by atoms with Gasteiger partial charge in [0.15, 0.2) is 0 Å². The molecular weight excluding hydrogens is 192 g/mol. The maximum absolute atomic E-state index is 11.9. The van der Waals surface area contributed by atoms with E-state index in [1.807, 2.05) is 6.92 Å². The molecule has 0 aromatic rings. The van der Waals surface area contributed by atoms with Crippen molar-refractivity contribution >= 4 is 11.8 Å². The summed E-state index contributed by atoms with van der Waals surface area (Å²) in [5.41, 5.74) is 0. The Hall–Kier alpha value is -1.50. The first kappa shape index (κ1) is 11.6. The fraction of sp³-hybridized carbons (Fsp3) is 0.636. The summed E-state index contributed by atoms with van der Waals surface area (Å²) in [5.74, 6) is 2.27. The van der Waals surface area contributed by atoms with Crippen LogP contribution in [0.4, 0.5) is 0 Å². The molecule has 15 heavy (non-hydrogen) atoms. The number of hydrogen-bond donors (Lipinski definition) is 1. The Morgan fingerprint density at radius 1 is 1.60 bits per heavy atom. The molecule has 0 aliphatic carbocycles. The number of carbonyl (C=O) groups is 2. The average molecular weight is 208 g/mol. The molecule has 2 amide bonds. The van der Waals surface area contributed by atoms with Crippen molar-refractivity contribution in [3.05, 3.63) is 0 Å². The van der Waals surface area contributed by atoms with Crippen LogP contribution in [-0.4, -0.2) is 34.8 Å². The van der Waals surface area contributed by atoms with Crippen molar-refractivity contribution < 1.29 is 9.59 Å². The first-order valence-electron chi connectivity index (χ1n) is 5.11. The highest BCUT2D eigenvalue weighted by Crippen LogP contribution is 2.16. The molecule has 3 atom stereocenters. The Morgan fingerprint density at radius 2 is 2.20 bits per heavy atom. The second-order valence-electron chi connectivity index (χ2n) is 3.74. The first-order chi connectivity index (χ1) is 7.02. The van der Waals surface area contributed by atoms with Crippen LogP contribution in [0.3, 0.4) is 0 Å². The standard InChI is InChI=1S/C11H16N2O2/c1-5-7(3)13-9(6-2)10(14)12-8(4)11(13)15/h1,7-9H,6H2,2-4H3,(H,12,14). The van der Waals surface area contributed by atoms with Crippen molar-refractivity contribution in [2.24, 2.45) is 0 Å². The number of hydrogen-bond acceptors (Lipinski definition) is 2. The van der Waals surface area contributed by atoms with Crippen LogP contribution in [-0.2, 0) is 9.59 Å². The highest BCUT2D eigenvalue weighted by Gasteiger charge is 2.39.